The lowest BCUT2D eigenvalue weighted by Crippen LogP contribution is -1.96. The fraction of sp³-hybridized carbons (Fsp3) is 0. The molecule has 0 aliphatic carbocycles. The van der Waals surface area contributed by atoms with Crippen molar-refractivity contribution in [3.05, 3.63) is 65.7 Å². The van der Waals surface area contributed by atoms with Crippen molar-refractivity contribution in [3.8, 4) is 0 Å². The third kappa shape index (κ3) is 3.57. The summed E-state index contributed by atoms with van der Waals surface area (Å²) in [5.41, 5.74) is 0.718. The third-order valence-corrected chi connectivity index (χ3v) is 4.36. The van der Waals surface area contributed by atoms with Crippen LogP contribution in [0.2, 0.25) is 0 Å². The van der Waals surface area contributed by atoms with Crippen LogP contribution in [0.25, 0.3) is 0 Å². The molecule has 0 bridgehead atoms. The van der Waals surface area contributed by atoms with Crippen LogP contribution in [-0.2, 0) is 4.74 Å². The average molecular weight is 327 g/mol. The molecule has 0 saturated heterocycles. The molecule has 3 rings (SSSR count). The Morgan fingerprint density at radius 1 is 0.750 bits per heavy atom. The molecule has 102 valence electrons. The molecule has 2 aromatic rings. The monoisotopic (exact) mass is 326 g/mol. The first-order valence-corrected chi connectivity index (χ1v) is 8.77. The third-order valence-electron chi connectivity index (χ3n) is 2.50. The Hall–Kier alpha value is -1.41. The van der Waals surface area contributed by atoms with Gasteiger partial charge in [-0.15, -0.1) is 0 Å². The van der Waals surface area contributed by atoms with Crippen molar-refractivity contribution >= 4 is 46.4 Å². The Balaban J connectivity index is 0.000000151. The summed E-state index contributed by atoms with van der Waals surface area (Å²) in [6.45, 7) is -0.951. The Labute approximate surface area is 126 Å². The van der Waals surface area contributed by atoms with Crippen molar-refractivity contribution in [2.75, 3.05) is 0 Å². The minimum atomic E-state index is -0.951. The lowest BCUT2D eigenvalue weighted by atomic mass is 10.1. The van der Waals surface area contributed by atoms with Crippen LogP contribution >= 0.6 is 29.1 Å². The predicted molar refractivity (Wildman–Crippen MR) is 80.9 cm³/mol. The Morgan fingerprint density at radius 3 is 1.60 bits per heavy atom. The van der Waals surface area contributed by atoms with Crippen molar-refractivity contribution in [3.63, 3.8) is 0 Å². The summed E-state index contributed by atoms with van der Waals surface area (Å²) in [5, 5.41) is 1.01. The molecular formula is C14H9Cl2O3P. The molecule has 0 saturated carbocycles. The highest BCUT2D eigenvalue weighted by molar-refractivity contribution is 8.08. The summed E-state index contributed by atoms with van der Waals surface area (Å²) in [6.07, 6.45) is 0. The molecule has 20 heavy (non-hydrogen) atoms. The molecule has 0 atom stereocenters. The van der Waals surface area contributed by atoms with Crippen LogP contribution in [0.15, 0.2) is 54.6 Å². The van der Waals surface area contributed by atoms with E-state index in [1.54, 1.807) is 24.3 Å². The highest BCUT2D eigenvalue weighted by Gasteiger charge is 2.28. The zero-order chi connectivity index (χ0) is 14.5. The summed E-state index contributed by atoms with van der Waals surface area (Å²) in [7, 11) is 0. The van der Waals surface area contributed by atoms with Crippen molar-refractivity contribution < 1.29 is 14.3 Å². The molecule has 3 nitrogen and oxygen atoms in total. The minimum absolute atomic E-state index is 0.359. The molecule has 0 amide bonds. The number of ether oxygens (including phenoxy) is 1. The van der Waals surface area contributed by atoms with E-state index in [-0.39, 0.29) is 0 Å². The van der Waals surface area contributed by atoms with E-state index in [4.69, 9.17) is 22.5 Å². The molecule has 1 aliphatic heterocycles. The first kappa shape index (κ1) is 15.0. The van der Waals surface area contributed by atoms with Gasteiger partial charge in [-0.3, -0.25) is 0 Å². The van der Waals surface area contributed by atoms with Gasteiger partial charge >= 0.3 is 11.9 Å². The van der Waals surface area contributed by atoms with Crippen molar-refractivity contribution in [2.45, 2.75) is 0 Å². The van der Waals surface area contributed by atoms with E-state index in [9.17, 15) is 9.59 Å². The van der Waals surface area contributed by atoms with Gasteiger partial charge in [0.1, 0.15) is 6.63 Å². The van der Waals surface area contributed by atoms with Gasteiger partial charge in [-0.25, -0.2) is 9.59 Å². The van der Waals surface area contributed by atoms with Crippen molar-refractivity contribution in [1.29, 1.82) is 0 Å². The molecule has 0 unspecified atom stereocenters. The van der Waals surface area contributed by atoms with E-state index < -0.39 is 18.6 Å². The SMILES string of the molecule is ClP(Cl)c1ccccc1.O=C1OC(=O)c2ccccc21. The van der Waals surface area contributed by atoms with Crippen LogP contribution in [0, 0.1) is 0 Å². The van der Waals surface area contributed by atoms with E-state index >= 15 is 0 Å². The molecule has 0 fully saturated rings. The average Bonchev–Trinajstić information content (AvgIpc) is 2.76. The van der Waals surface area contributed by atoms with Crippen LogP contribution in [-0.4, -0.2) is 11.9 Å². The summed E-state index contributed by atoms with van der Waals surface area (Å²) in [6, 6.07) is 16.2. The first-order chi connectivity index (χ1) is 9.59. The molecule has 1 heterocycles. The van der Waals surface area contributed by atoms with Gasteiger partial charge in [0.2, 0.25) is 0 Å². The van der Waals surface area contributed by atoms with E-state index in [1.165, 1.54) is 0 Å². The minimum Gasteiger partial charge on any atom is -0.386 e. The number of benzene rings is 2. The normalized spacial score (nSPS) is 12.6. The van der Waals surface area contributed by atoms with Gasteiger partial charge in [-0.1, -0.05) is 64.9 Å². The second kappa shape index (κ2) is 6.85. The van der Waals surface area contributed by atoms with Gasteiger partial charge in [0, 0.05) is 5.30 Å². The molecule has 1 aliphatic rings. The number of rotatable bonds is 1. The summed E-state index contributed by atoms with van der Waals surface area (Å²) in [5.74, 6) is -1.10. The molecule has 0 spiro atoms. The van der Waals surface area contributed by atoms with Crippen LogP contribution in [0.5, 0.6) is 0 Å². The maximum atomic E-state index is 10.8. The van der Waals surface area contributed by atoms with Crippen molar-refractivity contribution in [1.82, 2.24) is 0 Å². The fourth-order valence-corrected chi connectivity index (χ4v) is 2.65. The molecule has 0 radical (unpaired) electrons. The maximum absolute atomic E-state index is 10.8. The second-order valence-electron chi connectivity index (χ2n) is 3.79. The standard InChI is InChI=1S/C8H4O3.C6H5Cl2P/c9-7-5-3-1-2-4-6(5)8(10)11-7;7-9(8)6-4-2-1-3-5-6/h1-4H;1-5H. The van der Waals surface area contributed by atoms with Crippen LogP contribution in [0.3, 0.4) is 0 Å². The van der Waals surface area contributed by atoms with Gasteiger partial charge in [0.25, 0.3) is 0 Å². The Bertz CT molecular complexity index is 596. The van der Waals surface area contributed by atoms with Crippen LogP contribution in [0.1, 0.15) is 20.7 Å². The quantitative estimate of drug-likeness (QED) is 0.450. The van der Waals surface area contributed by atoms with E-state index in [1.807, 2.05) is 30.3 Å². The van der Waals surface area contributed by atoms with Gasteiger partial charge < -0.3 is 4.74 Å². The Morgan fingerprint density at radius 2 is 1.20 bits per heavy atom. The molecule has 0 aromatic heterocycles. The smallest absolute Gasteiger partial charge is 0.346 e. The number of hydrogen-bond donors (Lipinski definition) is 0. The lowest BCUT2D eigenvalue weighted by Gasteiger charge is -1.96. The summed E-state index contributed by atoms with van der Waals surface area (Å²) < 4.78 is 4.35. The number of hydrogen-bond acceptors (Lipinski definition) is 3. The second-order valence-corrected chi connectivity index (χ2v) is 7.32. The number of halogens is 2. The van der Waals surface area contributed by atoms with Crippen LogP contribution < -0.4 is 5.30 Å². The highest BCUT2D eigenvalue weighted by atomic mass is 35.9. The first-order valence-electron chi connectivity index (χ1n) is 5.62. The van der Waals surface area contributed by atoms with Gasteiger partial charge in [0.05, 0.1) is 11.1 Å². The van der Waals surface area contributed by atoms with Crippen LogP contribution in [0.4, 0.5) is 0 Å². The topological polar surface area (TPSA) is 43.4 Å². The van der Waals surface area contributed by atoms with E-state index in [2.05, 4.69) is 4.74 Å². The number of carbonyl (C=O) groups excluding carboxylic acids is 2. The predicted octanol–water partition coefficient (Wildman–Crippen LogP) is 4.10. The highest BCUT2D eigenvalue weighted by Crippen LogP contribution is 2.44. The number of cyclic esters (lactones) is 2. The van der Waals surface area contributed by atoms with E-state index in [0.29, 0.717) is 11.1 Å². The van der Waals surface area contributed by atoms with Crippen molar-refractivity contribution in [2.24, 2.45) is 0 Å². The van der Waals surface area contributed by atoms with Gasteiger partial charge in [-0.2, -0.15) is 0 Å². The summed E-state index contributed by atoms with van der Waals surface area (Å²) >= 11 is 11.3. The molecule has 2 aromatic carbocycles. The fourth-order valence-electron chi connectivity index (χ4n) is 1.57. The maximum Gasteiger partial charge on any atom is 0.346 e. The molecular weight excluding hydrogens is 318 g/mol. The largest absolute Gasteiger partial charge is 0.386 e. The lowest BCUT2D eigenvalue weighted by molar-refractivity contribution is 0.0444. The zero-order valence-electron chi connectivity index (χ0n) is 10.1. The number of fused-ring (bicyclic) bond motifs is 1. The molecule has 0 N–H and O–H groups in total. The van der Waals surface area contributed by atoms with Gasteiger partial charge in [-0.05, 0) is 12.1 Å². The molecule has 6 heteroatoms. The zero-order valence-corrected chi connectivity index (χ0v) is 12.5. The Kier molecular flexibility index (Phi) is 5.13. The van der Waals surface area contributed by atoms with E-state index in [0.717, 1.165) is 5.30 Å². The summed E-state index contributed by atoms with van der Waals surface area (Å²) in [4.78, 5) is 21.7. The number of esters is 2. The number of carbonyl (C=O) groups is 2. The van der Waals surface area contributed by atoms with Gasteiger partial charge in [0.15, 0.2) is 0 Å².